The summed E-state index contributed by atoms with van der Waals surface area (Å²) in [5, 5.41) is 14.6. The summed E-state index contributed by atoms with van der Waals surface area (Å²) in [5.74, 6) is -1.04. The predicted octanol–water partition coefficient (Wildman–Crippen LogP) is 2.30. The highest BCUT2D eigenvalue weighted by Gasteiger charge is 2.16. The molecule has 0 aliphatic heterocycles. The van der Waals surface area contributed by atoms with Gasteiger partial charge in [0.15, 0.2) is 0 Å². The molecule has 1 heterocycles. The van der Waals surface area contributed by atoms with Crippen molar-refractivity contribution in [1.82, 2.24) is 5.43 Å². The Balaban J connectivity index is 1.61. The molecule has 1 aliphatic carbocycles. The molecule has 1 aromatic carbocycles. The Morgan fingerprint density at radius 3 is 2.67 bits per heavy atom. The van der Waals surface area contributed by atoms with Crippen LogP contribution in [-0.4, -0.2) is 24.2 Å². The van der Waals surface area contributed by atoms with Crippen LogP contribution in [-0.2, 0) is 17.6 Å². The minimum absolute atomic E-state index is 0.193. The Morgan fingerprint density at radius 2 is 1.93 bits per heavy atom. The largest absolute Gasteiger partial charge is 0.546 e. The van der Waals surface area contributed by atoms with Gasteiger partial charge in [-0.2, -0.15) is 5.10 Å². The molecule has 0 spiro atoms. The minimum Gasteiger partial charge on any atom is -0.546 e. The highest BCUT2D eigenvalue weighted by Crippen LogP contribution is 2.28. The van der Waals surface area contributed by atoms with Crippen LogP contribution < -0.4 is 15.3 Å². The van der Waals surface area contributed by atoms with E-state index in [-0.39, 0.29) is 5.91 Å². The van der Waals surface area contributed by atoms with Crippen LogP contribution in [0.3, 0.4) is 0 Å². The van der Waals surface area contributed by atoms with Crippen molar-refractivity contribution in [2.45, 2.75) is 39.0 Å². The molecule has 1 amide bonds. The van der Waals surface area contributed by atoms with Crippen molar-refractivity contribution >= 4 is 28.9 Å². The number of carbonyl (C=O) groups is 2. The monoisotopic (exact) mass is 385 g/mol. The number of carboxylic acids is 1. The number of aryl methyl sites for hydroxylation is 2. The molecule has 0 fully saturated rings. The molecule has 2 aromatic rings. The van der Waals surface area contributed by atoms with Gasteiger partial charge in [0.25, 0.3) is 5.91 Å². The molecule has 1 aromatic heterocycles. The molecule has 0 saturated carbocycles. The fourth-order valence-corrected chi connectivity index (χ4v) is 4.11. The van der Waals surface area contributed by atoms with Gasteiger partial charge in [-0.05, 0) is 74.1 Å². The minimum atomic E-state index is -1.27. The summed E-state index contributed by atoms with van der Waals surface area (Å²) in [5.41, 5.74) is 5.37. The van der Waals surface area contributed by atoms with Gasteiger partial charge in [0.05, 0.1) is 16.6 Å². The molecule has 7 heteroatoms. The standard InChI is InChI=1S/C20H22N2O4S/c1-13(14-7-9-16(10-8-14)26-12-19(23)24)21-22-20(25)18-11-15-5-3-2-4-6-17(15)27-18/h7-11H,2-6,12H2,1H3,(H,22,25)(H,23,24)/p-1/b21-13-. The molecule has 0 radical (unpaired) electrons. The number of fused-ring (bicyclic) bond motifs is 1. The summed E-state index contributed by atoms with van der Waals surface area (Å²) in [4.78, 5) is 24.8. The topological polar surface area (TPSA) is 90.8 Å². The number of hydrazone groups is 1. The number of benzene rings is 1. The van der Waals surface area contributed by atoms with E-state index in [1.807, 2.05) is 6.07 Å². The first kappa shape index (κ1) is 19.1. The molecule has 3 rings (SSSR count). The van der Waals surface area contributed by atoms with Crippen LogP contribution in [0.4, 0.5) is 0 Å². The molecule has 27 heavy (non-hydrogen) atoms. The number of carboxylic acid groups (broad SMARTS) is 1. The van der Waals surface area contributed by atoms with Crippen molar-refractivity contribution in [1.29, 1.82) is 0 Å². The van der Waals surface area contributed by atoms with E-state index in [2.05, 4.69) is 10.5 Å². The number of thiophene rings is 1. The number of nitrogens with zero attached hydrogens (tertiary/aromatic N) is 1. The van der Waals surface area contributed by atoms with Crippen molar-refractivity contribution in [2.24, 2.45) is 5.10 Å². The van der Waals surface area contributed by atoms with Crippen molar-refractivity contribution in [3.8, 4) is 5.75 Å². The maximum Gasteiger partial charge on any atom is 0.281 e. The van der Waals surface area contributed by atoms with Gasteiger partial charge in [-0.1, -0.05) is 6.42 Å². The van der Waals surface area contributed by atoms with Crippen LogP contribution in [0.5, 0.6) is 5.75 Å². The van der Waals surface area contributed by atoms with E-state index in [9.17, 15) is 14.7 Å². The van der Waals surface area contributed by atoms with Gasteiger partial charge in [0, 0.05) is 4.88 Å². The fraction of sp³-hybridized carbons (Fsp3) is 0.350. The molecule has 1 aliphatic rings. The van der Waals surface area contributed by atoms with Gasteiger partial charge in [-0.25, -0.2) is 5.43 Å². The lowest BCUT2D eigenvalue weighted by Gasteiger charge is -2.07. The van der Waals surface area contributed by atoms with Crippen molar-refractivity contribution < 1.29 is 19.4 Å². The third-order valence-corrected chi connectivity index (χ3v) is 5.66. The van der Waals surface area contributed by atoms with E-state index >= 15 is 0 Å². The number of nitrogens with one attached hydrogen (secondary N) is 1. The Morgan fingerprint density at radius 1 is 1.19 bits per heavy atom. The average molecular weight is 385 g/mol. The third kappa shape index (κ3) is 5.17. The van der Waals surface area contributed by atoms with Crippen molar-refractivity contribution in [3.63, 3.8) is 0 Å². The molecule has 0 atom stereocenters. The van der Waals surface area contributed by atoms with Crippen molar-refractivity contribution in [2.75, 3.05) is 6.61 Å². The number of amides is 1. The van der Waals surface area contributed by atoms with Gasteiger partial charge in [0.2, 0.25) is 0 Å². The van der Waals surface area contributed by atoms with E-state index in [1.165, 1.54) is 29.7 Å². The Labute approximate surface area is 161 Å². The van der Waals surface area contributed by atoms with Crippen molar-refractivity contribution in [3.05, 3.63) is 51.2 Å². The molecule has 6 nitrogen and oxygen atoms in total. The fourth-order valence-electron chi connectivity index (χ4n) is 2.97. The van der Waals surface area contributed by atoms with Gasteiger partial charge >= 0.3 is 0 Å². The summed E-state index contributed by atoms with van der Waals surface area (Å²) in [7, 11) is 0. The Hall–Kier alpha value is -2.67. The third-order valence-electron chi connectivity index (χ3n) is 4.42. The SMILES string of the molecule is C/C(=N/NC(=O)c1cc2c(s1)CCCCC2)c1ccc(OCC(=O)[O-])cc1. The highest BCUT2D eigenvalue weighted by atomic mass is 32.1. The van der Waals surface area contributed by atoms with Gasteiger partial charge in [-0.3, -0.25) is 4.79 Å². The smallest absolute Gasteiger partial charge is 0.281 e. The first-order chi connectivity index (χ1) is 13.0. The maximum atomic E-state index is 12.4. The first-order valence-corrected chi connectivity index (χ1v) is 9.74. The molecule has 142 valence electrons. The van der Waals surface area contributed by atoms with Gasteiger partial charge in [-0.15, -0.1) is 11.3 Å². The lowest BCUT2D eigenvalue weighted by molar-refractivity contribution is -0.307. The summed E-state index contributed by atoms with van der Waals surface area (Å²) in [6, 6.07) is 8.80. The second-order valence-electron chi connectivity index (χ2n) is 6.44. The second-order valence-corrected chi connectivity index (χ2v) is 7.58. The van der Waals surface area contributed by atoms with Crippen LogP contribution in [0, 0.1) is 0 Å². The van der Waals surface area contributed by atoms with Crippen LogP contribution in [0.2, 0.25) is 0 Å². The maximum absolute atomic E-state index is 12.4. The Kier molecular flexibility index (Phi) is 6.24. The Bertz CT molecular complexity index is 832. The predicted molar refractivity (Wildman–Crippen MR) is 102 cm³/mol. The second kappa shape index (κ2) is 8.81. The first-order valence-electron chi connectivity index (χ1n) is 8.92. The van der Waals surface area contributed by atoms with Gasteiger partial charge < -0.3 is 14.6 Å². The summed E-state index contributed by atoms with van der Waals surface area (Å²) >= 11 is 1.56. The molecular formula is C20H21N2O4S-. The average Bonchev–Trinajstić information content (AvgIpc) is 2.95. The van der Waals surface area contributed by atoms with Gasteiger partial charge in [0.1, 0.15) is 12.4 Å². The number of carbonyl (C=O) groups excluding carboxylic acids is 2. The summed E-state index contributed by atoms with van der Waals surface area (Å²) < 4.78 is 5.04. The molecule has 0 bridgehead atoms. The lowest BCUT2D eigenvalue weighted by atomic mass is 10.1. The highest BCUT2D eigenvalue weighted by molar-refractivity contribution is 7.14. The zero-order valence-corrected chi connectivity index (χ0v) is 15.9. The van der Waals surface area contributed by atoms with E-state index in [4.69, 9.17) is 4.74 Å². The zero-order valence-electron chi connectivity index (χ0n) is 15.1. The summed E-state index contributed by atoms with van der Waals surface area (Å²) in [6.45, 7) is 1.30. The molecule has 0 saturated heterocycles. The molecular weight excluding hydrogens is 364 g/mol. The molecule has 1 N–H and O–H groups in total. The van der Waals surface area contributed by atoms with E-state index in [0.29, 0.717) is 16.3 Å². The zero-order chi connectivity index (χ0) is 19.2. The quantitative estimate of drug-likeness (QED) is 0.469. The van der Waals surface area contributed by atoms with E-state index < -0.39 is 12.6 Å². The number of ether oxygens (including phenoxy) is 1. The number of rotatable bonds is 6. The van der Waals surface area contributed by atoms with E-state index in [0.717, 1.165) is 18.4 Å². The van der Waals surface area contributed by atoms with Crippen LogP contribution in [0.1, 0.15) is 51.9 Å². The lowest BCUT2D eigenvalue weighted by Crippen LogP contribution is -2.28. The number of aliphatic carboxylic acids is 1. The normalized spacial score (nSPS) is 14.2. The number of hydrogen-bond donors (Lipinski definition) is 1. The van der Waals surface area contributed by atoms with Crippen LogP contribution in [0.25, 0.3) is 0 Å². The summed E-state index contributed by atoms with van der Waals surface area (Å²) in [6.07, 6.45) is 5.73. The number of hydrogen-bond acceptors (Lipinski definition) is 6. The van der Waals surface area contributed by atoms with Crippen LogP contribution in [0.15, 0.2) is 35.4 Å². The van der Waals surface area contributed by atoms with E-state index in [1.54, 1.807) is 42.5 Å². The van der Waals surface area contributed by atoms with Crippen LogP contribution >= 0.6 is 11.3 Å². The molecule has 0 unspecified atom stereocenters.